The molecule has 0 radical (unpaired) electrons. The number of hydrogen-bond acceptors (Lipinski definition) is 3. The average molecular weight is 394 g/mol. The van der Waals surface area contributed by atoms with Gasteiger partial charge in [-0.15, -0.1) is 11.3 Å². The first-order valence-electron chi connectivity index (χ1n) is 7.67. The van der Waals surface area contributed by atoms with Crippen molar-refractivity contribution in [3.8, 4) is 11.1 Å². The first-order valence-corrected chi connectivity index (χ1v) is 8.87. The van der Waals surface area contributed by atoms with E-state index in [-0.39, 0.29) is 5.78 Å². The van der Waals surface area contributed by atoms with Crippen LogP contribution in [0.25, 0.3) is 11.1 Å². The van der Waals surface area contributed by atoms with Crippen LogP contribution in [0.1, 0.15) is 31.9 Å². The summed E-state index contributed by atoms with van der Waals surface area (Å²) < 4.78 is 38.9. The van der Waals surface area contributed by atoms with Gasteiger partial charge in [-0.3, -0.25) is 4.79 Å². The second kappa shape index (κ2) is 5.86. The topological polar surface area (TPSA) is 43.1 Å². The zero-order valence-electron chi connectivity index (χ0n) is 13.2. The molecule has 0 atom stereocenters. The SMILES string of the molecule is Nc1sc2c(c1C(=O)c1ccc(Cl)cc1)-c1ccc(C(F)(F)F)cc1C2. The molecule has 26 heavy (non-hydrogen) atoms. The maximum Gasteiger partial charge on any atom is 0.416 e. The predicted molar refractivity (Wildman–Crippen MR) is 96.9 cm³/mol. The fraction of sp³-hybridized carbons (Fsp3) is 0.105. The van der Waals surface area contributed by atoms with E-state index in [0.717, 1.165) is 17.0 Å². The molecule has 1 aliphatic rings. The van der Waals surface area contributed by atoms with Crippen LogP contribution in [0.3, 0.4) is 0 Å². The van der Waals surface area contributed by atoms with E-state index >= 15 is 0 Å². The van der Waals surface area contributed by atoms with Crippen LogP contribution in [0.4, 0.5) is 18.2 Å². The van der Waals surface area contributed by atoms with Gasteiger partial charge in [0.25, 0.3) is 0 Å². The molecule has 0 spiro atoms. The van der Waals surface area contributed by atoms with Crippen molar-refractivity contribution in [2.45, 2.75) is 12.6 Å². The molecule has 2 aromatic carbocycles. The minimum atomic E-state index is -4.40. The van der Waals surface area contributed by atoms with Gasteiger partial charge in [0.05, 0.1) is 16.1 Å². The van der Waals surface area contributed by atoms with E-state index < -0.39 is 11.7 Å². The Morgan fingerprint density at radius 1 is 1.12 bits per heavy atom. The van der Waals surface area contributed by atoms with E-state index in [1.165, 1.54) is 17.4 Å². The molecule has 2 N–H and O–H groups in total. The molecule has 1 aromatic heterocycles. The van der Waals surface area contributed by atoms with Crippen LogP contribution in [0, 0.1) is 0 Å². The summed E-state index contributed by atoms with van der Waals surface area (Å²) in [5.74, 6) is -0.260. The van der Waals surface area contributed by atoms with Crippen LogP contribution in [-0.4, -0.2) is 5.78 Å². The van der Waals surface area contributed by atoms with Crippen molar-refractivity contribution in [3.05, 3.63) is 74.6 Å². The molecule has 3 aromatic rings. The molecule has 0 fully saturated rings. The molecule has 0 bridgehead atoms. The molecular formula is C19H11ClF3NOS. The highest BCUT2D eigenvalue weighted by Crippen LogP contribution is 2.48. The summed E-state index contributed by atoms with van der Waals surface area (Å²) in [4.78, 5) is 13.8. The summed E-state index contributed by atoms with van der Waals surface area (Å²) in [6, 6.07) is 10.1. The number of carbonyl (C=O) groups is 1. The van der Waals surface area contributed by atoms with Gasteiger partial charge >= 0.3 is 6.18 Å². The molecule has 1 aliphatic carbocycles. The van der Waals surface area contributed by atoms with E-state index in [4.69, 9.17) is 17.3 Å². The number of carbonyl (C=O) groups excluding carboxylic acids is 1. The number of alkyl halides is 3. The third-order valence-corrected chi connectivity index (χ3v) is 5.67. The summed E-state index contributed by atoms with van der Waals surface area (Å²) in [7, 11) is 0. The lowest BCUT2D eigenvalue weighted by Crippen LogP contribution is -2.06. The number of anilines is 1. The Labute approximate surface area is 156 Å². The highest BCUT2D eigenvalue weighted by molar-refractivity contribution is 7.17. The minimum Gasteiger partial charge on any atom is -0.390 e. The number of fused-ring (bicyclic) bond motifs is 3. The Balaban J connectivity index is 1.83. The molecule has 1 heterocycles. The highest BCUT2D eigenvalue weighted by Gasteiger charge is 2.34. The molecule has 0 unspecified atom stereocenters. The van der Waals surface area contributed by atoms with E-state index in [1.54, 1.807) is 24.3 Å². The van der Waals surface area contributed by atoms with E-state index in [1.807, 2.05) is 0 Å². The number of nitrogens with two attached hydrogens (primary N) is 1. The van der Waals surface area contributed by atoms with Gasteiger partial charge in [-0.05, 0) is 47.5 Å². The lowest BCUT2D eigenvalue weighted by atomic mass is 9.96. The van der Waals surface area contributed by atoms with E-state index in [0.29, 0.717) is 44.3 Å². The number of thiophene rings is 1. The summed E-state index contributed by atoms with van der Waals surface area (Å²) in [6.07, 6.45) is -4.05. The minimum absolute atomic E-state index is 0.260. The monoisotopic (exact) mass is 393 g/mol. The molecule has 0 aliphatic heterocycles. The lowest BCUT2D eigenvalue weighted by Gasteiger charge is -2.10. The van der Waals surface area contributed by atoms with Crippen LogP contribution < -0.4 is 5.73 Å². The number of halogens is 4. The highest BCUT2D eigenvalue weighted by atomic mass is 35.5. The molecule has 0 saturated carbocycles. The largest absolute Gasteiger partial charge is 0.416 e. The van der Waals surface area contributed by atoms with Crippen LogP contribution in [0.5, 0.6) is 0 Å². The average Bonchev–Trinajstić information content (AvgIpc) is 3.07. The van der Waals surface area contributed by atoms with Crippen molar-refractivity contribution in [1.29, 1.82) is 0 Å². The molecule has 0 amide bonds. The van der Waals surface area contributed by atoms with Gasteiger partial charge in [0.2, 0.25) is 0 Å². The van der Waals surface area contributed by atoms with Gasteiger partial charge in [0.15, 0.2) is 5.78 Å². The fourth-order valence-corrected chi connectivity index (χ4v) is 4.44. The third kappa shape index (κ3) is 2.70. The normalized spacial score (nSPS) is 12.8. The summed E-state index contributed by atoms with van der Waals surface area (Å²) in [5.41, 5.74) is 8.01. The number of hydrogen-bond donors (Lipinski definition) is 1. The van der Waals surface area contributed by atoms with Crippen LogP contribution in [-0.2, 0) is 12.6 Å². The number of benzene rings is 2. The van der Waals surface area contributed by atoms with Gasteiger partial charge in [-0.25, -0.2) is 0 Å². The van der Waals surface area contributed by atoms with Crippen molar-refractivity contribution in [2.75, 3.05) is 5.73 Å². The zero-order chi connectivity index (χ0) is 18.6. The first-order chi connectivity index (χ1) is 12.3. The second-order valence-electron chi connectivity index (χ2n) is 6.02. The van der Waals surface area contributed by atoms with Gasteiger partial charge in [0.1, 0.15) is 0 Å². The first kappa shape index (κ1) is 17.1. The predicted octanol–water partition coefficient (Wildman–Crippen LogP) is 5.80. The van der Waals surface area contributed by atoms with Crippen molar-refractivity contribution < 1.29 is 18.0 Å². The van der Waals surface area contributed by atoms with Crippen molar-refractivity contribution in [2.24, 2.45) is 0 Å². The number of ketones is 1. The zero-order valence-corrected chi connectivity index (χ0v) is 14.7. The molecule has 132 valence electrons. The van der Waals surface area contributed by atoms with Gasteiger partial charge in [-0.1, -0.05) is 17.7 Å². The molecule has 7 heteroatoms. The maximum atomic E-state index is 13.0. The van der Waals surface area contributed by atoms with Gasteiger partial charge < -0.3 is 5.73 Å². The molecule has 4 rings (SSSR count). The Bertz CT molecular complexity index is 1040. The summed E-state index contributed by atoms with van der Waals surface area (Å²) >= 11 is 7.11. The van der Waals surface area contributed by atoms with Crippen LogP contribution in [0.2, 0.25) is 5.02 Å². The number of nitrogen functional groups attached to an aromatic ring is 1. The molecule has 0 saturated heterocycles. The van der Waals surface area contributed by atoms with Crippen LogP contribution >= 0.6 is 22.9 Å². The lowest BCUT2D eigenvalue weighted by molar-refractivity contribution is -0.137. The van der Waals surface area contributed by atoms with E-state index in [2.05, 4.69) is 0 Å². The van der Waals surface area contributed by atoms with Crippen LogP contribution in [0.15, 0.2) is 42.5 Å². The van der Waals surface area contributed by atoms with Gasteiger partial charge in [0, 0.05) is 27.4 Å². The Kier molecular flexibility index (Phi) is 3.86. The van der Waals surface area contributed by atoms with Gasteiger partial charge in [-0.2, -0.15) is 13.2 Å². The Hall–Kier alpha value is -2.31. The summed E-state index contributed by atoms with van der Waals surface area (Å²) in [5, 5.41) is 0.885. The second-order valence-corrected chi connectivity index (χ2v) is 7.60. The molecular weight excluding hydrogens is 383 g/mol. The smallest absolute Gasteiger partial charge is 0.390 e. The van der Waals surface area contributed by atoms with Crippen molar-refractivity contribution in [1.82, 2.24) is 0 Å². The maximum absolute atomic E-state index is 13.0. The Morgan fingerprint density at radius 3 is 2.46 bits per heavy atom. The van der Waals surface area contributed by atoms with Crippen molar-refractivity contribution >= 4 is 33.7 Å². The number of rotatable bonds is 2. The standard InChI is InChI=1S/C19H11ClF3NOS/c20-12-4-1-9(2-5-12)17(25)16-15-13-6-3-11(19(21,22)23)7-10(13)8-14(15)26-18(16)24/h1-7H,8,24H2. The fourth-order valence-electron chi connectivity index (χ4n) is 3.21. The summed E-state index contributed by atoms with van der Waals surface area (Å²) in [6.45, 7) is 0. The third-order valence-electron chi connectivity index (χ3n) is 4.39. The quantitative estimate of drug-likeness (QED) is 0.437. The van der Waals surface area contributed by atoms with E-state index in [9.17, 15) is 18.0 Å². The molecule has 2 nitrogen and oxygen atoms in total. The van der Waals surface area contributed by atoms with Crippen molar-refractivity contribution in [3.63, 3.8) is 0 Å². The Morgan fingerprint density at radius 2 is 1.81 bits per heavy atom.